The molecule has 0 spiro atoms. The molecule has 1 aliphatic heterocycles. The summed E-state index contributed by atoms with van der Waals surface area (Å²) in [5.74, 6) is -0.773. The normalized spacial score (nSPS) is 20.4. The van der Waals surface area contributed by atoms with E-state index in [0.29, 0.717) is 6.54 Å². The van der Waals surface area contributed by atoms with Crippen molar-refractivity contribution in [1.29, 1.82) is 0 Å². The summed E-state index contributed by atoms with van der Waals surface area (Å²) in [5, 5.41) is 9.09. The topological polar surface area (TPSA) is 57.6 Å². The van der Waals surface area contributed by atoms with Gasteiger partial charge < -0.3 is 14.8 Å². The Labute approximate surface area is 135 Å². The van der Waals surface area contributed by atoms with Gasteiger partial charge in [0.15, 0.2) is 0 Å². The quantitative estimate of drug-likeness (QED) is 0.863. The molecule has 1 N–H and O–H groups in total. The Kier molecular flexibility index (Phi) is 4.42. The van der Waals surface area contributed by atoms with Crippen LogP contribution in [0.25, 0.3) is 0 Å². The Morgan fingerprint density at radius 2 is 1.78 bits per heavy atom. The maximum Gasteiger partial charge on any atom is 0.307 e. The second-order valence-electron chi connectivity index (χ2n) is 5.92. The number of carboxylic acid groups (broad SMARTS) is 1. The van der Waals surface area contributed by atoms with E-state index in [9.17, 15) is 9.59 Å². The Bertz CT molecular complexity index is 699. The average Bonchev–Trinajstić information content (AvgIpc) is 3.00. The van der Waals surface area contributed by atoms with Crippen molar-refractivity contribution < 1.29 is 14.7 Å². The summed E-state index contributed by atoms with van der Waals surface area (Å²) in [6.07, 6.45) is 1.02. The molecule has 0 radical (unpaired) electrons. The van der Waals surface area contributed by atoms with Crippen molar-refractivity contribution in [3.63, 3.8) is 0 Å². The minimum Gasteiger partial charge on any atom is -0.481 e. The zero-order valence-corrected chi connectivity index (χ0v) is 12.8. The van der Waals surface area contributed by atoms with Crippen LogP contribution in [0.4, 0.5) is 5.69 Å². The predicted molar refractivity (Wildman–Crippen MR) is 88.7 cm³/mol. The fraction of sp³-hybridized carbons (Fsp3) is 0.263. The van der Waals surface area contributed by atoms with Crippen LogP contribution < -0.4 is 4.90 Å². The molecule has 0 amide bonds. The highest BCUT2D eigenvalue weighted by Crippen LogP contribution is 2.35. The predicted octanol–water partition coefficient (Wildman–Crippen LogP) is 2.73. The Morgan fingerprint density at radius 3 is 2.48 bits per heavy atom. The Morgan fingerprint density at radius 1 is 1.09 bits per heavy atom. The second kappa shape index (κ2) is 6.65. The molecule has 1 heterocycles. The molecule has 0 bridgehead atoms. The highest BCUT2D eigenvalue weighted by molar-refractivity contribution is 5.74. The van der Waals surface area contributed by atoms with Crippen LogP contribution in [0, 0.1) is 5.92 Å². The van der Waals surface area contributed by atoms with Crippen LogP contribution >= 0.6 is 0 Å². The van der Waals surface area contributed by atoms with Crippen LogP contribution in [0.5, 0.6) is 0 Å². The molecule has 0 saturated carbocycles. The van der Waals surface area contributed by atoms with Gasteiger partial charge in [0.2, 0.25) is 0 Å². The number of benzene rings is 2. The average molecular weight is 309 g/mol. The number of hydrogen-bond donors (Lipinski definition) is 1. The number of carboxylic acids is 1. The van der Waals surface area contributed by atoms with E-state index in [1.54, 1.807) is 0 Å². The third kappa shape index (κ3) is 3.26. The Hall–Kier alpha value is -2.62. The standard InChI is InChI=1S/C19H19NO3/c21-13-16-11-20(12-17(16)14-6-2-1-3-7-14)18-9-5-4-8-15(18)10-19(22)23/h1-9,13,16-17H,10-12H2,(H,22,23)/t16-,17+/m0/s1. The van der Waals surface area contributed by atoms with Gasteiger partial charge in [0.25, 0.3) is 0 Å². The van der Waals surface area contributed by atoms with E-state index in [4.69, 9.17) is 5.11 Å². The Balaban J connectivity index is 1.88. The van der Waals surface area contributed by atoms with Crippen molar-refractivity contribution in [1.82, 2.24) is 0 Å². The molecule has 2 atom stereocenters. The first-order chi connectivity index (χ1) is 11.2. The monoisotopic (exact) mass is 309 g/mol. The van der Waals surface area contributed by atoms with Gasteiger partial charge in [0.05, 0.1) is 6.42 Å². The summed E-state index contributed by atoms with van der Waals surface area (Å²) in [6, 6.07) is 17.6. The van der Waals surface area contributed by atoms with E-state index < -0.39 is 5.97 Å². The van der Waals surface area contributed by atoms with Gasteiger partial charge >= 0.3 is 5.97 Å². The molecule has 0 aromatic heterocycles. The lowest BCUT2D eigenvalue weighted by molar-refractivity contribution is -0.136. The summed E-state index contributed by atoms with van der Waals surface area (Å²) >= 11 is 0. The van der Waals surface area contributed by atoms with Crippen molar-refractivity contribution in [2.75, 3.05) is 18.0 Å². The van der Waals surface area contributed by atoms with E-state index in [2.05, 4.69) is 4.90 Å². The van der Waals surface area contributed by atoms with Crippen molar-refractivity contribution in [3.8, 4) is 0 Å². The molecular weight excluding hydrogens is 290 g/mol. The zero-order chi connectivity index (χ0) is 16.2. The first kappa shape index (κ1) is 15.3. The van der Waals surface area contributed by atoms with Gasteiger partial charge in [-0.15, -0.1) is 0 Å². The van der Waals surface area contributed by atoms with Gasteiger partial charge in [-0.25, -0.2) is 0 Å². The molecule has 4 heteroatoms. The first-order valence-electron chi connectivity index (χ1n) is 7.74. The third-order valence-electron chi connectivity index (χ3n) is 4.44. The van der Waals surface area contributed by atoms with Crippen molar-refractivity contribution in [3.05, 3.63) is 65.7 Å². The van der Waals surface area contributed by atoms with Gasteiger partial charge in [0, 0.05) is 30.6 Å². The molecule has 3 rings (SSSR count). The molecule has 2 aromatic rings. The van der Waals surface area contributed by atoms with Crippen LogP contribution in [-0.2, 0) is 16.0 Å². The largest absolute Gasteiger partial charge is 0.481 e. The van der Waals surface area contributed by atoms with Crippen molar-refractivity contribution in [2.45, 2.75) is 12.3 Å². The van der Waals surface area contributed by atoms with Crippen LogP contribution in [0.2, 0.25) is 0 Å². The van der Waals surface area contributed by atoms with Gasteiger partial charge in [-0.2, -0.15) is 0 Å². The van der Waals surface area contributed by atoms with E-state index in [-0.39, 0.29) is 18.3 Å². The SMILES string of the molecule is O=C[C@@H]1CN(c2ccccc2CC(=O)O)C[C@@H]1c1ccccc1. The van der Waals surface area contributed by atoms with E-state index >= 15 is 0 Å². The maximum absolute atomic E-state index is 11.5. The summed E-state index contributed by atoms with van der Waals surface area (Å²) < 4.78 is 0. The fourth-order valence-electron chi connectivity index (χ4n) is 3.35. The molecule has 1 saturated heterocycles. The third-order valence-corrected chi connectivity index (χ3v) is 4.44. The van der Waals surface area contributed by atoms with Crippen LogP contribution in [0.3, 0.4) is 0 Å². The highest BCUT2D eigenvalue weighted by atomic mass is 16.4. The van der Waals surface area contributed by atoms with Gasteiger partial charge in [0.1, 0.15) is 6.29 Å². The smallest absolute Gasteiger partial charge is 0.307 e. The van der Waals surface area contributed by atoms with Crippen LogP contribution in [-0.4, -0.2) is 30.5 Å². The number of aldehydes is 1. The lowest BCUT2D eigenvalue weighted by Gasteiger charge is -2.21. The minimum atomic E-state index is -0.844. The molecule has 2 aromatic carbocycles. The number of anilines is 1. The summed E-state index contributed by atoms with van der Waals surface area (Å²) in [4.78, 5) is 24.7. The van der Waals surface area contributed by atoms with Gasteiger partial charge in [-0.05, 0) is 17.2 Å². The molecule has 1 fully saturated rings. The fourth-order valence-corrected chi connectivity index (χ4v) is 3.35. The number of para-hydroxylation sites is 1. The molecule has 23 heavy (non-hydrogen) atoms. The molecule has 0 aliphatic carbocycles. The second-order valence-corrected chi connectivity index (χ2v) is 5.92. The number of aliphatic carboxylic acids is 1. The van der Waals surface area contributed by atoms with Crippen LogP contribution in [0.15, 0.2) is 54.6 Å². The van der Waals surface area contributed by atoms with E-state index in [1.165, 1.54) is 0 Å². The van der Waals surface area contributed by atoms with Crippen molar-refractivity contribution >= 4 is 17.9 Å². The molecule has 1 aliphatic rings. The number of rotatable bonds is 5. The molecule has 118 valence electrons. The summed E-state index contributed by atoms with van der Waals surface area (Å²) in [5.41, 5.74) is 2.86. The zero-order valence-electron chi connectivity index (χ0n) is 12.8. The summed E-state index contributed by atoms with van der Waals surface area (Å²) in [6.45, 7) is 1.35. The molecule has 0 unspecified atom stereocenters. The van der Waals surface area contributed by atoms with Gasteiger partial charge in [-0.1, -0.05) is 48.5 Å². The number of carbonyl (C=O) groups is 2. The number of carbonyl (C=O) groups excluding carboxylic acids is 1. The maximum atomic E-state index is 11.5. The van der Waals surface area contributed by atoms with Crippen molar-refractivity contribution in [2.24, 2.45) is 5.92 Å². The molecule has 4 nitrogen and oxygen atoms in total. The first-order valence-corrected chi connectivity index (χ1v) is 7.74. The van der Waals surface area contributed by atoms with E-state index in [1.807, 2.05) is 54.6 Å². The lowest BCUT2D eigenvalue weighted by Crippen LogP contribution is -2.22. The summed E-state index contributed by atoms with van der Waals surface area (Å²) in [7, 11) is 0. The van der Waals surface area contributed by atoms with E-state index in [0.717, 1.165) is 29.6 Å². The minimum absolute atomic E-state index is 0.00552. The number of nitrogens with zero attached hydrogens (tertiary/aromatic N) is 1. The number of hydrogen-bond acceptors (Lipinski definition) is 3. The van der Waals surface area contributed by atoms with Crippen LogP contribution in [0.1, 0.15) is 17.0 Å². The highest BCUT2D eigenvalue weighted by Gasteiger charge is 2.34. The molecular formula is C19H19NO3. The van der Waals surface area contributed by atoms with Gasteiger partial charge in [-0.3, -0.25) is 4.79 Å². The lowest BCUT2D eigenvalue weighted by atomic mass is 9.90.